The number of carbonyl (C=O) groups excluding carboxylic acids is 1. The van der Waals surface area contributed by atoms with Crippen molar-refractivity contribution in [3.05, 3.63) is 53.3 Å². The highest BCUT2D eigenvalue weighted by Gasteiger charge is 2.50. The van der Waals surface area contributed by atoms with Crippen molar-refractivity contribution in [2.75, 3.05) is 37.7 Å². The van der Waals surface area contributed by atoms with Gasteiger partial charge in [0, 0.05) is 42.0 Å². The van der Waals surface area contributed by atoms with Crippen LogP contribution >= 0.6 is 11.6 Å². The molecule has 5 fully saturated rings. The number of nitrogens with zero attached hydrogens (tertiary/aromatic N) is 5. The van der Waals surface area contributed by atoms with Crippen LogP contribution in [0.2, 0.25) is 5.02 Å². The van der Waals surface area contributed by atoms with E-state index in [4.69, 9.17) is 26.3 Å². The Bertz CT molecular complexity index is 1700. The summed E-state index contributed by atoms with van der Waals surface area (Å²) in [6.45, 7) is 6.26. The van der Waals surface area contributed by atoms with Crippen molar-refractivity contribution in [2.24, 2.45) is 0 Å². The first-order valence-corrected chi connectivity index (χ1v) is 15.9. The Kier molecular flexibility index (Phi) is 6.54. The lowest BCUT2D eigenvalue weighted by atomic mass is 9.94. The summed E-state index contributed by atoms with van der Waals surface area (Å²) >= 11 is 6.57. The first-order valence-electron chi connectivity index (χ1n) is 15.5. The average molecular weight is 622 g/mol. The summed E-state index contributed by atoms with van der Waals surface area (Å²) < 4.78 is 36.9. The van der Waals surface area contributed by atoms with Gasteiger partial charge in [0.05, 0.1) is 23.1 Å². The van der Waals surface area contributed by atoms with Crippen LogP contribution in [0, 0.1) is 5.82 Å². The van der Waals surface area contributed by atoms with Crippen LogP contribution in [0.25, 0.3) is 22.0 Å². The summed E-state index contributed by atoms with van der Waals surface area (Å²) in [7, 11) is 0. The van der Waals surface area contributed by atoms with Gasteiger partial charge >= 0.3 is 6.01 Å². The monoisotopic (exact) mass is 621 g/mol. The topological polar surface area (TPSA) is 82.0 Å². The minimum absolute atomic E-state index is 0.00505. The molecule has 1 aromatic heterocycles. The van der Waals surface area contributed by atoms with Gasteiger partial charge in [-0.1, -0.05) is 18.2 Å². The largest absolute Gasteiger partial charge is 0.508 e. The molecule has 2 bridgehead atoms. The van der Waals surface area contributed by atoms with Crippen molar-refractivity contribution in [2.45, 2.75) is 68.2 Å². The summed E-state index contributed by atoms with van der Waals surface area (Å²) in [4.78, 5) is 28.2. The second kappa shape index (κ2) is 10.3. The number of piperazine rings is 1. The van der Waals surface area contributed by atoms with Crippen LogP contribution in [0.1, 0.15) is 50.0 Å². The number of likely N-dealkylation sites (tertiary alicyclic amines) is 1. The summed E-state index contributed by atoms with van der Waals surface area (Å²) in [5.41, 5.74) is 1.82. The van der Waals surface area contributed by atoms with Gasteiger partial charge in [0.25, 0.3) is 0 Å². The third-order valence-electron chi connectivity index (χ3n) is 10.3. The Morgan fingerprint density at radius 3 is 2.75 bits per heavy atom. The maximum atomic E-state index is 16.1. The molecule has 5 heterocycles. The molecule has 1 amide bonds. The van der Waals surface area contributed by atoms with Gasteiger partial charge in [-0.2, -0.15) is 9.97 Å². The maximum Gasteiger partial charge on any atom is 0.319 e. The van der Waals surface area contributed by atoms with Gasteiger partial charge in [-0.3, -0.25) is 9.69 Å². The van der Waals surface area contributed by atoms with Gasteiger partial charge in [-0.25, -0.2) is 8.78 Å². The van der Waals surface area contributed by atoms with E-state index in [0.29, 0.717) is 58.9 Å². The Morgan fingerprint density at radius 2 is 2.00 bits per heavy atom. The molecule has 1 saturated carbocycles. The van der Waals surface area contributed by atoms with E-state index in [-0.39, 0.29) is 47.8 Å². The predicted octanol–water partition coefficient (Wildman–Crippen LogP) is 5.60. The van der Waals surface area contributed by atoms with E-state index in [1.54, 1.807) is 12.1 Å². The number of hydrogen-bond donors (Lipinski definition) is 1. The van der Waals surface area contributed by atoms with Crippen LogP contribution in [0.5, 0.6) is 11.8 Å². The number of halogens is 3. The van der Waals surface area contributed by atoms with Crippen molar-refractivity contribution in [3.8, 4) is 22.9 Å². The number of phenolic OH excluding ortho intramolecular Hbond substituents is 1. The lowest BCUT2D eigenvalue weighted by molar-refractivity contribution is -0.127. The van der Waals surface area contributed by atoms with Crippen LogP contribution in [0.4, 0.5) is 14.6 Å². The number of ether oxygens (including phenoxy) is 1. The van der Waals surface area contributed by atoms with Gasteiger partial charge in [0.1, 0.15) is 30.2 Å². The molecule has 8 nitrogen and oxygen atoms in total. The molecule has 8 rings (SSSR count). The third kappa shape index (κ3) is 4.52. The maximum absolute atomic E-state index is 16.1. The van der Waals surface area contributed by atoms with E-state index in [0.717, 1.165) is 44.2 Å². The molecule has 11 heteroatoms. The van der Waals surface area contributed by atoms with Crippen molar-refractivity contribution in [1.82, 2.24) is 19.8 Å². The summed E-state index contributed by atoms with van der Waals surface area (Å²) in [5, 5.41) is 11.4. The smallest absolute Gasteiger partial charge is 0.319 e. The fraction of sp³-hybridized carbons (Fsp3) is 0.485. The number of phenols is 1. The van der Waals surface area contributed by atoms with Crippen molar-refractivity contribution >= 4 is 34.2 Å². The molecule has 44 heavy (non-hydrogen) atoms. The van der Waals surface area contributed by atoms with Crippen molar-refractivity contribution in [1.29, 1.82) is 0 Å². The third-order valence-corrected chi connectivity index (χ3v) is 10.6. The van der Waals surface area contributed by atoms with Gasteiger partial charge in [-0.15, -0.1) is 0 Å². The molecule has 230 valence electrons. The summed E-state index contributed by atoms with van der Waals surface area (Å²) in [6, 6.07) is 6.39. The number of alkyl halides is 1. The molecular weight excluding hydrogens is 588 g/mol. The Labute approximate surface area is 259 Å². The van der Waals surface area contributed by atoms with Gasteiger partial charge in [0.2, 0.25) is 5.91 Å². The van der Waals surface area contributed by atoms with E-state index < -0.39 is 12.0 Å². The zero-order valence-electron chi connectivity index (χ0n) is 24.3. The minimum Gasteiger partial charge on any atom is -0.508 e. The van der Waals surface area contributed by atoms with Crippen LogP contribution in [-0.4, -0.2) is 87.4 Å². The van der Waals surface area contributed by atoms with Gasteiger partial charge < -0.3 is 19.6 Å². The molecule has 3 aromatic rings. The number of hydrogen-bond acceptors (Lipinski definition) is 7. The summed E-state index contributed by atoms with van der Waals surface area (Å²) in [6.07, 6.45) is 5.43. The molecule has 0 unspecified atom stereocenters. The highest BCUT2D eigenvalue weighted by atomic mass is 35.5. The molecule has 4 atom stereocenters. The lowest BCUT2D eigenvalue weighted by Crippen LogP contribution is -2.48. The molecule has 5 aliphatic rings. The fourth-order valence-corrected chi connectivity index (χ4v) is 8.54. The zero-order valence-corrected chi connectivity index (χ0v) is 25.1. The molecule has 1 N–H and O–H groups in total. The molecule has 2 aromatic carbocycles. The minimum atomic E-state index is -0.881. The second-order valence-corrected chi connectivity index (χ2v) is 13.5. The number of amides is 1. The molecule has 0 spiro atoms. The SMILES string of the molecule is C=CC(=O)N1C[C@H]2C[C@@H]1CN2c1nc(OC[C@@]23CCCN2C[C@H](F)C3)nc2cc(-c3cc(O)cc(Cl)c3C3CC3)c(F)cc12. The van der Waals surface area contributed by atoms with Crippen molar-refractivity contribution in [3.63, 3.8) is 0 Å². The number of aromatic hydroxyl groups is 1. The molecule has 4 saturated heterocycles. The highest BCUT2D eigenvalue weighted by molar-refractivity contribution is 6.32. The number of anilines is 1. The molecule has 0 radical (unpaired) electrons. The van der Waals surface area contributed by atoms with E-state index in [2.05, 4.69) is 16.4 Å². The van der Waals surface area contributed by atoms with Crippen LogP contribution in [0.15, 0.2) is 36.9 Å². The fourth-order valence-electron chi connectivity index (χ4n) is 8.18. The second-order valence-electron chi connectivity index (χ2n) is 13.1. The Balaban J connectivity index is 1.21. The molecule has 4 aliphatic heterocycles. The van der Waals surface area contributed by atoms with E-state index in [1.165, 1.54) is 18.2 Å². The number of rotatable bonds is 7. The van der Waals surface area contributed by atoms with Gasteiger partial charge in [0.15, 0.2) is 0 Å². The standard InChI is InChI=1S/C33H34ClF2N5O3/c1-2-29(43)40-15-21-8-20(40)16-41(21)31-25-11-27(36)23(24-9-22(42)10-26(34)30(24)18-4-5-18)12-28(25)37-32(38-31)44-17-33-6-3-7-39(33)14-19(35)13-33/h2,9-12,18-21,42H,1,3-8,13-17H2/t19-,20-,21-,33+/m1/s1. The number of carbonyl (C=O) groups is 1. The van der Waals surface area contributed by atoms with Crippen molar-refractivity contribution < 1.29 is 23.4 Å². The average Bonchev–Trinajstić information content (AvgIpc) is 3.29. The van der Waals surface area contributed by atoms with Gasteiger partial charge in [-0.05, 0) is 86.0 Å². The normalized spacial score (nSPS) is 27.8. The first kappa shape index (κ1) is 28.0. The van der Waals surface area contributed by atoms with E-state index in [9.17, 15) is 14.3 Å². The Hall–Kier alpha value is -3.50. The molecular formula is C33H34ClF2N5O3. The predicted molar refractivity (Wildman–Crippen MR) is 164 cm³/mol. The number of benzene rings is 2. The summed E-state index contributed by atoms with van der Waals surface area (Å²) in [5.74, 6) is 0.182. The first-order chi connectivity index (χ1) is 21.2. The van der Waals surface area contributed by atoms with Crippen LogP contribution < -0.4 is 9.64 Å². The van der Waals surface area contributed by atoms with Crippen LogP contribution in [-0.2, 0) is 4.79 Å². The van der Waals surface area contributed by atoms with Crippen LogP contribution in [0.3, 0.4) is 0 Å². The van der Waals surface area contributed by atoms with E-state index in [1.807, 2.05) is 4.90 Å². The molecule has 1 aliphatic carbocycles. The highest BCUT2D eigenvalue weighted by Crippen LogP contribution is 2.50. The number of fused-ring (bicyclic) bond motifs is 4. The Morgan fingerprint density at radius 1 is 1.16 bits per heavy atom. The number of aromatic nitrogens is 2. The quantitative estimate of drug-likeness (QED) is 0.344. The zero-order chi connectivity index (χ0) is 30.3. The lowest BCUT2D eigenvalue weighted by Gasteiger charge is -2.35. The van der Waals surface area contributed by atoms with E-state index >= 15 is 4.39 Å².